The first kappa shape index (κ1) is 17.3. The third-order valence-electron chi connectivity index (χ3n) is 3.46. The molecule has 0 amide bonds. The Morgan fingerprint density at radius 2 is 2.04 bits per heavy atom. The van der Waals surface area contributed by atoms with Crippen LogP contribution < -0.4 is 20.1 Å². The second-order valence-electron chi connectivity index (χ2n) is 5.18. The lowest BCUT2D eigenvalue weighted by atomic mass is 10.2. The standard InChI is InChI=1S/C16H22N2O4S/c1-20-15(19)5-3-2-4-8-17-16(23)18-10-12-6-7-13-14(9-12)22-11-21-13/h6-7,9H,2-5,8,10-11H2,1H3,(H2,17,18,23). The molecule has 126 valence electrons. The summed E-state index contributed by atoms with van der Waals surface area (Å²) >= 11 is 5.24. The summed E-state index contributed by atoms with van der Waals surface area (Å²) in [5.74, 6) is 1.40. The van der Waals surface area contributed by atoms with Crippen LogP contribution in [-0.2, 0) is 16.1 Å². The lowest BCUT2D eigenvalue weighted by molar-refractivity contribution is -0.140. The van der Waals surface area contributed by atoms with Crippen molar-refractivity contribution >= 4 is 23.3 Å². The van der Waals surface area contributed by atoms with Crippen LogP contribution in [0.3, 0.4) is 0 Å². The minimum atomic E-state index is -0.154. The summed E-state index contributed by atoms with van der Waals surface area (Å²) in [5, 5.41) is 6.93. The van der Waals surface area contributed by atoms with Crippen molar-refractivity contribution in [3.63, 3.8) is 0 Å². The fourth-order valence-corrected chi connectivity index (χ4v) is 2.35. The summed E-state index contributed by atoms with van der Waals surface area (Å²) in [4.78, 5) is 11.0. The number of carbonyl (C=O) groups is 1. The summed E-state index contributed by atoms with van der Waals surface area (Å²) in [7, 11) is 1.41. The number of unbranched alkanes of at least 4 members (excludes halogenated alkanes) is 2. The number of hydrogen-bond donors (Lipinski definition) is 2. The second kappa shape index (κ2) is 9.19. The molecular weight excluding hydrogens is 316 g/mol. The molecule has 7 heteroatoms. The summed E-state index contributed by atoms with van der Waals surface area (Å²) in [6.45, 7) is 1.70. The molecule has 23 heavy (non-hydrogen) atoms. The summed E-state index contributed by atoms with van der Waals surface area (Å²) < 4.78 is 15.2. The second-order valence-corrected chi connectivity index (χ2v) is 5.59. The average molecular weight is 338 g/mol. The molecule has 0 spiro atoms. The van der Waals surface area contributed by atoms with E-state index in [0.29, 0.717) is 18.1 Å². The molecule has 0 aromatic heterocycles. The number of fused-ring (bicyclic) bond motifs is 1. The van der Waals surface area contributed by atoms with E-state index >= 15 is 0 Å². The van der Waals surface area contributed by atoms with Gasteiger partial charge >= 0.3 is 5.97 Å². The Balaban J connectivity index is 1.56. The van der Waals surface area contributed by atoms with Gasteiger partial charge in [-0.3, -0.25) is 4.79 Å². The molecule has 0 bridgehead atoms. The topological polar surface area (TPSA) is 68.8 Å². The Morgan fingerprint density at radius 3 is 2.87 bits per heavy atom. The average Bonchev–Trinajstić information content (AvgIpc) is 3.03. The quantitative estimate of drug-likeness (QED) is 0.427. The zero-order chi connectivity index (χ0) is 16.5. The lowest BCUT2D eigenvalue weighted by Crippen LogP contribution is -2.35. The first-order chi connectivity index (χ1) is 11.2. The fourth-order valence-electron chi connectivity index (χ4n) is 2.17. The largest absolute Gasteiger partial charge is 0.469 e. The van der Waals surface area contributed by atoms with Gasteiger partial charge in [0.05, 0.1) is 7.11 Å². The van der Waals surface area contributed by atoms with E-state index < -0.39 is 0 Å². The maximum Gasteiger partial charge on any atom is 0.305 e. The van der Waals surface area contributed by atoms with Gasteiger partial charge in [0.25, 0.3) is 0 Å². The van der Waals surface area contributed by atoms with Gasteiger partial charge in [-0.25, -0.2) is 0 Å². The van der Waals surface area contributed by atoms with Gasteiger partial charge in [0.1, 0.15) is 0 Å². The van der Waals surface area contributed by atoms with Crippen molar-refractivity contribution in [3.05, 3.63) is 23.8 Å². The monoisotopic (exact) mass is 338 g/mol. The maximum atomic E-state index is 11.0. The molecule has 1 aliphatic heterocycles. The number of ether oxygens (including phenoxy) is 3. The minimum Gasteiger partial charge on any atom is -0.469 e. The Bertz CT molecular complexity index is 551. The number of benzene rings is 1. The zero-order valence-electron chi connectivity index (χ0n) is 13.2. The lowest BCUT2D eigenvalue weighted by Gasteiger charge is -2.10. The van der Waals surface area contributed by atoms with Crippen LogP contribution in [0.5, 0.6) is 11.5 Å². The summed E-state index contributed by atoms with van der Waals surface area (Å²) in [6, 6.07) is 5.83. The Kier molecular flexibility index (Phi) is 6.93. The number of nitrogens with one attached hydrogen (secondary N) is 2. The molecule has 1 aromatic carbocycles. The van der Waals surface area contributed by atoms with E-state index in [2.05, 4.69) is 15.4 Å². The minimum absolute atomic E-state index is 0.154. The molecule has 0 saturated heterocycles. The van der Waals surface area contributed by atoms with Crippen LogP contribution in [0.15, 0.2) is 18.2 Å². The molecule has 0 radical (unpaired) electrons. The third kappa shape index (κ3) is 5.94. The molecule has 0 saturated carbocycles. The van der Waals surface area contributed by atoms with Gasteiger partial charge in [-0.05, 0) is 42.8 Å². The van der Waals surface area contributed by atoms with Crippen molar-refractivity contribution < 1.29 is 19.0 Å². The normalized spacial score (nSPS) is 11.9. The molecule has 2 N–H and O–H groups in total. The van der Waals surface area contributed by atoms with Crippen molar-refractivity contribution in [1.82, 2.24) is 10.6 Å². The predicted octanol–water partition coefficient (Wildman–Crippen LogP) is 2.11. The first-order valence-electron chi connectivity index (χ1n) is 7.66. The molecule has 0 unspecified atom stereocenters. The molecular formula is C16H22N2O4S. The van der Waals surface area contributed by atoms with E-state index in [0.717, 1.165) is 42.9 Å². The Labute approximate surface area is 141 Å². The van der Waals surface area contributed by atoms with E-state index in [1.54, 1.807) is 0 Å². The molecule has 0 aliphatic carbocycles. The van der Waals surface area contributed by atoms with Crippen LogP contribution in [0.2, 0.25) is 0 Å². The van der Waals surface area contributed by atoms with Gasteiger partial charge in [0.15, 0.2) is 16.6 Å². The maximum absolute atomic E-state index is 11.0. The van der Waals surface area contributed by atoms with Crippen LogP contribution in [0, 0.1) is 0 Å². The van der Waals surface area contributed by atoms with Gasteiger partial charge in [-0.15, -0.1) is 0 Å². The summed E-state index contributed by atoms with van der Waals surface area (Å²) in [5.41, 5.74) is 1.08. The fraction of sp³-hybridized carbons (Fsp3) is 0.500. The Hall–Kier alpha value is -2.02. The van der Waals surface area contributed by atoms with Crippen molar-refractivity contribution in [2.24, 2.45) is 0 Å². The van der Waals surface area contributed by atoms with Gasteiger partial charge in [0, 0.05) is 19.5 Å². The third-order valence-corrected chi connectivity index (χ3v) is 3.75. The number of esters is 1. The number of rotatable bonds is 8. The Morgan fingerprint density at radius 1 is 1.22 bits per heavy atom. The van der Waals surface area contributed by atoms with Crippen molar-refractivity contribution in [2.75, 3.05) is 20.4 Å². The van der Waals surface area contributed by atoms with Crippen LogP contribution in [0.1, 0.15) is 31.2 Å². The molecule has 0 fully saturated rings. The van der Waals surface area contributed by atoms with Crippen molar-refractivity contribution in [2.45, 2.75) is 32.2 Å². The molecule has 0 atom stereocenters. The highest BCUT2D eigenvalue weighted by atomic mass is 32.1. The van der Waals surface area contributed by atoms with Gasteiger partial charge in [-0.2, -0.15) is 0 Å². The number of methoxy groups -OCH3 is 1. The van der Waals surface area contributed by atoms with Gasteiger partial charge < -0.3 is 24.8 Å². The van der Waals surface area contributed by atoms with Gasteiger partial charge in [0.2, 0.25) is 6.79 Å². The molecule has 1 aliphatic rings. The van der Waals surface area contributed by atoms with Crippen molar-refractivity contribution in [3.8, 4) is 11.5 Å². The molecule has 1 aromatic rings. The van der Waals surface area contributed by atoms with E-state index in [1.165, 1.54) is 7.11 Å². The van der Waals surface area contributed by atoms with Crippen LogP contribution in [0.4, 0.5) is 0 Å². The van der Waals surface area contributed by atoms with E-state index in [4.69, 9.17) is 21.7 Å². The van der Waals surface area contributed by atoms with Crippen molar-refractivity contribution in [1.29, 1.82) is 0 Å². The number of carbonyl (C=O) groups excluding carboxylic acids is 1. The first-order valence-corrected chi connectivity index (χ1v) is 8.07. The van der Waals surface area contributed by atoms with E-state index in [9.17, 15) is 4.79 Å². The summed E-state index contributed by atoms with van der Waals surface area (Å²) in [6.07, 6.45) is 3.24. The van der Waals surface area contributed by atoms with Crippen LogP contribution in [-0.4, -0.2) is 31.5 Å². The smallest absolute Gasteiger partial charge is 0.305 e. The number of hydrogen-bond acceptors (Lipinski definition) is 5. The molecule has 2 rings (SSSR count). The van der Waals surface area contributed by atoms with Crippen LogP contribution in [0.25, 0.3) is 0 Å². The van der Waals surface area contributed by atoms with Gasteiger partial charge in [-0.1, -0.05) is 12.5 Å². The zero-order valence-corrected chi connectivity index (χ0v) is 14.0. The van der Waals surface area contributed by atoms with Crippen LogP contribution >= 0.6 is 12.2 Å². The molecule has 6 nitrogen and oxygen atoms in total. The van der Waals surface area contributed by atoms with E-state index in [-0.39, 0.29) is 12.8 Å². The highest BCUT2D eigenvalue weighted by Crippen LogP contribution is 2.32. The highest BCUT2D eigenvalue weighted by Gasteiger charge is 2.12. The highest BCUT2D eigenvalue weighted by molar-refractivity contribution is 7.80. The predicted molar refractivity (Wildman–Crippen MR) is 90.5 cm³/mol. The molecule has 1 heterocycles. The SMILES string of the molecule is COC(=O)CCCCCNC(=S)NCc1ccc2c(c1)OCO2. The van der Waals surface area contributed by atoms with E-state index in [1.807, 2.05) is 18.2 Å². The number of thiocarbonyl (C=S) groups is 1.